The highest BCUT2D eigenvalue weighted by Gasteiger charge is 2.09. The number of nitrogens with two attached hydrogens (primary N) is 1. The molecule has 0 amide bonds. The van der Waals surface area contributed by atoms with Crippen LogP contribution in [0.2, 0.25) is 5.02 Å². The zero-order valence-corrected chi connectivity index (χ0v) is 9.95. The van der Waals surface area contributed by atoms with Gasteiger partial charge in [0.2, 0.25) is 0 Å². The van der Waals surface area contributed by atoms with Gasteiger partial charge >= 0.3 is 5.97 Å². The Morgan fingerprint density at radius 1 is 1.56 bits per heavy atom. The average Bonchev–Trinajstić information content (AvgIpc) is 2.25. The molecule has 1 aromatic rings. The molecule has 1 unspecified atom stereocenters. The third kappa shape index (κ3) is 3.40. The Balaban J connectivity index is 2.62. The molecule has 0 fully saturated rings. The van der Waals surface area contributed by atoms with Crippen LogP contribution in [-0.2, 0) is 16.1 Å². The first-order chi connectivity index (χ1) is 7.54. The lowest BCUT2D eigenvalue weighted by atomic mass is 10.2. The van der Waals surface area contributed by atoms with Crippen LogP contribution in [0.1, 0.15) is 12.5 Å². The van der Waals surface area contributed by atoms with Crippen LogP contribution in [0.5, 0.6) is 5.75 Å². The van der Waals surface area contributed by atoms with Crippen molar-refractivity contribution >= 4 is 17.6 Å². The van der Waals surface area contributed by atoms with E-state index < -0.39 is 12.0 Å². The highest BCUT2D eigenvalue weighted by molar-refractivity contribution is 6.32. The number of ether oxygens (including phenoxy) is 2. The van der Waals surface area contributed by atoms with Crippen LogP contribution in [0.15, 0.2) is 18.2 Å². The van der Waals surface area contributed by atoms with E-state index in [9.17, 15) is 4.79 Å². The molecule has 1 rings (SSSR count). The molecule has 0 aliphatic rings. The van der Waals surface area contributed by atoms with Crippen LogP contribution in [0.3, 0.4) is 0 Å². The van der Waals surface area contributed by atoms with Crippen molar-refractivity contribution in [3.05, 3.63) is 28.8 Å². The van der Waals surface area contributed by atoms with Gasteiger partial charge < -0.3 is 15.2 Å². The van der Waals surface area contributed by atoms with Gasteiger partial charge in [0, 0.05) is 0 Å². The molecule has 16 heavy (non-hydrogen) atoms. The van der Waals surface area contributed by atoms with Gasteiger partial charge in [-0.1, -0.05) is 17.7 Å². The van der Waals surface area contributed by atoms with Gasteiger partial charge in [-0.15, -0.1) is 0 Å². The van der Waals surface area contributed by atoms with Crippen LogP contribution in [0.4, 0.5) is 0 Å². The number of benzene rings is 1. The van der Waals surface area contributed by atoms with Crippen molar-refractivity contribution in [2.45, 2.75) is 19.6 Å². The SMILES string of the molecule is COc1ccc(COC(=O)C(C)N)cc1Cl. The van der Waals surface area contributed by atoms with Crippen LogP contribution in [0, 0.1) is 0 Å². The second kappa shape index (κ2) is 5.72. The van der Waals surface area contributed by atoms with Gasteiger partial charge in [0.1, 0.15) is 18.4 Å². The molecule has 4 nitrogen and oxygen atoms in total. The predicted molar refractivity (Wildman–Crippen MR) is 61.4 cm³/mol. The summed E-state index contributed by atoms with van der Waals surface area (Å²) in [5.41, 5.74) is 6.15. The molecular weight excluding hydrogens is 230 g/mol. The molecule has 0 heterocycles. The molecule has 1 atom stereocenters. The van der Waals surface area contributed by atoms with Crippen molar-refractivity contribution in [3.8, 4) is 5.75 Å². The molecule has 0 saturated heterocycles. The Kier molecular flexibility index (Phi) is 4.58. The lowest BCUT2D eigenvalue weighted by Crippen LogP contribution is -2.28. The monoisotopic (exact) mass is 243 g/mol. The number of hydrogen-bond donors (Lipinski definition) is 1. The van der Waals surface area contributed by atoms with E-state index >= 15 is 0 Å². The number of hydrogen-bond acceptors (Lipinski definition) is 4. The summed E-state index contributed by atoms with van der Waals surface area (Å²) in [6.45, 7) is 1.73. The largest absolute Gasteiger partial charge is 0.495 e. The molecule has 5 heteroatoms. The highest BCUT2D eigenvalue weighted by Crippen LogP contribution is 2.25. The van der Waals surface area contributed by atoms with Crippen molar-refractivity contribution in [1.29, 1.82) is 0 Å². The minimum atomic E-state index is -0.617. The number of halogens is 1. The number of methoxy groups -OCH3 is 1. The molecule has 0 spiro atoms. The fourth-order valence-electron chi connectivity index (χ4n) is 1.09. The fourth-order valence-corrected chi connectivity index (χ4v) is 1.37. The zero-order chi connectivity index (χ0) is 12.1. The molecule has 88 valence electrons. The summed E-state index contributed by atoms with van der Waals surface area (Å²) < 4.78 is 9.96. The van der Waals surface area contributed by atoms with E-state index in [1.807, 2.05) is 0 Å². The number of esters is 1. The van der Waals surface area contributed by atoms with E-state index in [-0.39, 0.29) is 6.61 Å². The molecular formula is C11H14ClNO3. The van der Waals surface area contributed by atoms with Gasteiger partial charge in [0.05, 0.1) is 12.1 Å². The second-order valence-electron chi connectivity index (χ2n) is 3.37. The van der Waals surface area contributed by atoms with Crippen molar-refractivity contribution in [1.82, 2.24) is 0 Å². The predicted octanol–water partition coefficient (Wildman–Crippen LogP) is 1.74. The maximum Gasteiger partial charge on any atom is 0.322 e. The standard InChI is InChI=1S/C11H14ClNO3/c1-7(13)11(14)16-6-8-3-4-10(15-2)9(12)5-8/h3-5,7H,6,13H2,1-2H3. The highest BCUT2D eigenvalue weighted by atomic mass is 35.5. The minimum Gasteiger partial charge on any atom is -0.495 e. The Bertz CT molecular complexity index is 379. The van der Waals surface area contributed by atoms with E-state index in [1.54, 1.807) is 25.1 Å². The summed E-state index contributed by atoms with van der Waals surface area (Å²) in [5.74, 6) is 0.149. The summed E-state index contributed by atoms with van der Waals surface area (Å²) in [5, 5.41) is 0.483. The Morgan fingerprint density at radius 3 is 2.75 bits per heavy atom. The van der Waals surface area contributed by atoms with Crippen molar-refractivity contribution < 1.29 is 14.3 Å². The van der Waals surface area contributed by atoms with Gasteiger partial charge in [-0.2, -0.15) is 0 Å². The summed E-state index contributed by atoms with van der Waals surface area (Å²) in [7, 11) is 1.54. The molecule has 0 aliphatic carbocycles. The summed E-state index contributed by atoms with van der Waals surface area (Å²) in [6, 6.07) is 4.57. The summed E-state index contributed by atoms with van der Waals surface area (Å²) in [6.07, 6.45) is 0. The minimum absolute atomic E-state index is 0.157. The van der Waals surface area contributed by atoms with Crippen LogP contribution >= 0.6 is 11.6 Å². The van der Waals surface area contributed by atoms with Gasteiger partial charge in [-0.05, 0) is 24.6 Å². The summed E-state index contributed by atoms with van der Waals surface area (Å²) >= 11 is 5.92. The lowest BCUT2D eigenvalue weighted by Gasteiger charge is -2.08. The molecule has 1 aromatic carbocycles. The number of carbonyl (C=O) groups excluding carboxylic acids is 1. The average molecular weight is 244 g/mol. The van der Waals surface area contributed by atoms with E-state index in [4.69, 9.17) is 26.8 Å². The topological polar surface area (TPSA) is 61.5 Å². The number of carbonyl (C=O) groups is 1. The van der Waals surface area contributed by atoms with Crippen LogP contribution in [0.25, 0.3) is 0 Å². The molecule has 0 saturated carbocycles. The van der Waals surface area contributed by atoms with Crippen molar-refractivity contribution in [2.24, 2.45) is 5.73 Å². The normalized spacial score (nSPS) is 12.0. The van der Waals surface area contributed by atoms with Gasteiger partial charge in [0.15, 0.2) is 0 Å². The van der Waals surface area contributed by atoms with Gasteiger partial charge in [0.25, 0.3) is 0 Å². The van der Waals surface area contributed by atoms with E-state index in [0.717, 1.165) is 5.56 Å². The fraction of sp³-hybridized carbons (Fsp3) is 0.364. The van der Waals surface area contributed by atoms with Gasteiger partial charge in [-0.25, -0.2) is 0 Å². The quantitative estimate of drug-likeness (QED) is 0.819. The molecule has 0 aromatic heterocycles. The molecule has 0 radical (unpaired) electrons. The van der Waals surface area contributed by atoms with E-state index in [0.29, 0.717) is 10.8 Å². The Labute approximate surface area is 99.3 Å². The van der Waals surface area contributed by atoms with Crippen LogP contribution in [-0.4, -0.2) is 19.1 Å². The smallest absolute Gasteiger partial charge is 0.322 e. The maximum atomic E-state index is 11.1. The molecule has 2 N–H and O–H groups in total. The first kappa shape index (κ1) is 12.8. The number of rotatable bonds is 4. The van der Waals surface area contributed by atoms with Crippen molar-refractivity contribution in [2.75, 3.05) is 7.11 Å². The van der Waals surface area contributed by atoms with Crippen molar-refractivity contribution in [3.63, 3.8) is 0 Å². The first-order valence-electron chi connectivity index (χ1n) is 4.79. The van der Waals surface area contributed by atoms with Gasteiger partial charge in [-0.3, -0.25) is 4.79 Å². The first-order valence-corrected chi connectivity index (χ1v) is 5.17. The second-order valence-corrected chi connectivity index (χ2v) is 3.77. The van der Waals surface area contributed by atoms with Crippen LogP contribution < -0.4 is 10.5 Å². The third-order valence-corrected chi connectivity index (χ3v) is 2.26. The lowest BCUT2D eigenvalue weighted by molar-refractivity contribution is -0.146. The molecule has 0 aliphatic heterocycles. The molecule has 0 bridgehead atoms. The van der Waals surface area contributed by atoms with E-state index in [1.165, 1.54) is 7.11 Å². The van der Waals surface area contributed by atoms with E-state index in [2.05, 4.69) is 0 Å². The maximum absolute atomic E-state index is 11.1. The zero-order valence-electron chi connectivity index (χ0n) is 9.20. The third-order valence-electron chi connectivity index (χ3n) is 1.97. The Morgan fingerprint density at radius 2 is 2.25 bits per heavy atom. The summed E-state index contributed by atoms with van der Waals surface area (Å²) in [4.78, 5) is 11.1. The Hall–Kier alpha value is -1.26.